The summed E-state index contributed by atoms with van der Waals surface area (Å²) in [6.45, 7) is 1.90. The number of amides is 4. The first-order chi connectivity index (χ1) is 16.9. The fraction of sp³-hybridized carbons (Fsp3) is 0.0690. The van der Waals surface area contributed by atoms with Crippen molar-refractivity contribution in [1.82, 2.24) is 5.32 Å². The van der Waals surface area contributed by atoms with Gasteiger partial charge in [-0.15, -0.1) is 0 Å². The molecule has 5 rings (SSSR count). The molecule has 0 aliphatic carbocycles. The van der Waals surface area contributed by atoms with Crippen LogP contribution in [0.4, 0.5) is 14.9 Å². The van der Waals surface area contributed by atoms with Crippen molar-refractivity contribution < 1.29 is 18.8 Å². The average Bonchev–Trinajstić information content (AvgIpc) is 2.85. The fourth-order valence-electron chi connectivity index (χ4n) is 4.24. The number of hydrogen-bond acceptors (Lipinski definition) is 3. The van der Waals surface area contributed by atoms with E-state index in [9.17, 15) is 18.8 Å². The van der Waals surface area contributed by atoms with Gasteiger partial charge >= 0.3 is 6.03 Å². The first-order valence-corrected chi connectivity index (χ1v) is 11.1. The van der Waals surface area contributed by atoms with Crippen LogP contribution in [0.1, 0.15) is 22.3 Å². The summed E-state index contributed by atoms with van der Waals surface area (Å²) in [5, 5.41) is 3.99. The minimum atomic E-state index is -0.800. The molecule has 0 atom stereocenters. The van der Waals surface area contributed by atoms with Crippen molar-refractivity contribution in [1.29, 1.82) is 0 Å². The quantitative estimate of drug-likeness (QED) is 0.318. The molecule has 4 aromatic rings. The molecule has 1 aliphatic heterocycles. The Balaban J connectivity index is 1.65. The van der Waals surface area contributed by atoms with Crippen molar-refractivity contribution in [3.63, 3.8) is 0 Å². The Hall–Kier alpha value is -4.58. The molecule has 5 nitrogen and oxygen atoms in total. The number of urea groups is 1. The fourth-order valence-corrected chi connectivity index (χ4v) is 4.24. The van der Waals surface area contributed by atoms with Gasteiger partial charge in [0.2, 0.25) is 0 Å². The third-order valence-corrected chi connectivity index (χ3v) is 6.08. The highest BCUT2D eigenvalue weighted by Crippen LogP contribution is 2.29. The average molecular weight is 464 g/mol. The van der Waals surface area contributed by atoms with Crippen LogP contribution in [-0.2, 0) is 16.0 Å². The summed E-state index contributed by atoms with van der Waals surface area (Å²) < 4.78 is 14.4. The predicted octanol–water partition coefficient (Wildman–Crippen LogP) is 5.54. The zero-order valence-electron chi connectivity index (χ0n) is 18.9. The Bertz CT molecular complexity index is 1520. The number of halogens is 1. The third kappa shape index (κ3) is 4.22. The van der Waals surface area contributed by atoms with E-state index in [-0.39, 0.29) is 17.8 Å². The normalized spacial score (nSPS) is 15.1. The van der Waals surface area contributed by atoms with Crippen LogP contribution >= 0.6 is 0 Å². The molecule has 4 amide bonds. The van der Waals surface area contributed by atoms with Crippen molar-refractivity contribution in [2.75, 3.05) is 4.90 Å². The predicted molar refractivity (Wildman–Crippen MR) is 133 cm³/mol. The Kier molecular flexibility index (Phi) is 5.71. The van der Waals surface area contributed by atoms with E-state index in [0.29, 0.717) is 16.8 Å². The summed E-state index contributed by atoms with van der Waals surface area (Å²) in [6.07, 6.45) is 1.77. The van der Waals surface area contributed by atoms with Crippen molar-refractivity contribution in [2.45, 2.75) is 13.3 Å². The molecule has 1 saturated heterocycles. The molecule has 4 aromatic carbocycles. The molecule has 0 saturated carbocycles. The number of fused-ring (bicyclic) bond motifs is 1. The number of carbonyl (C=O) groups excluding carboxylic acids is 3. The molecule has 1 aliphatic rings. The topological polar surface area (TPSA) is 66.5 Å². The van der Waals surface area contributed by atoms with Crippen LogP contribution in [0.3, 0.4) is 0 Å². The lowest BCUT2D eigenvalue weighted by atomic mass is 9.92. The van der Waals surface area contributed by atoms with Crippen LogP contribution in [-0.4, -0.2) is 17.8 Å². The van der Waals surface area contributed by atoms with Gasteiger partial charge in [-0.1, -0.05) is 72.3 Å². The summed E-state index contributed by atoms with van der Waals surface area (Å²) in [5.41, 5.74) is 3.04. The molecule has 1 heterocycles. The minimum Gasteiger partial charge on any atom is -0.273 e. The molecule has 1 fully saturated rings. The van der Waals surface area contributed by atoms with E-state index >= 15 is 0 Å². The molecule has 0 aromatic heterocycles. The van der Waals surface area contributed by atoms with Gasteiger partial charge in [-0.05, 0) is 58.7 Å². The number of benzene rings is 4. The molecular formula is C29H21FN2O3. The van der Waals surface area contributed by atoms with Gasteiger partial charge in [-0.3, -0.25) is 14.9 Å². The summed E-state index contributed by atoms with van der Waals surface area (Å²) in [7, 11) is 0. The molecule has 0 unspecified atom stereocenters. The van der Waals surface area contributed by atoms with Crippen molar-refractivity contribution in [3.05, 3.63) is 119 Å². The zero-order chi connectivity index (χ0) is 24.5. The van der Waals surface area contributed by atoms with E-state index in [4.69, 9.17) is 0 Å². The van der Waals surface area contributed by atoms with Crippen LogP contribution < -0.4 is 10.2 Å². The van der Waals surface area contributed by atoms with Crippen molar-refractivity contribution in [3.8, 4) is 0 Å². The number of carbonyl (C=O) groups is 3. The van der Waals surface area contributed by atoms with E-state index < -0.39 is 17.8 Å². The lowest BCUT2D eigenvalue weighted by molar-refractivity contribution is -0.122. The molecule has 0 radical (unpaired) electrons. The summed E-state index contributed by atoms with van der Waals surface area (Å²) in [4.78, 5) is 39.7. The number of barbiturate groups is 1. The number of imide groups is 2. The standard InChI is InChI=1S/C29H21FN2O3/c1-18-10-14-22(15-11-18)32-28(34)25(27(33)31-29(32)35)17-24-20(16-21-7-3-5-9-26(21)30)13-12-19-6-2-4-8-23(19)24/h2-15,17H,16H2,1H3,(H,31,33,35)/b25-17+. The van der Waals surface area contributed by atoms with Crippen LogP contribution in [0.15, 0.2) is 90.5 Å². The van der Waals surface area contributed by atoms with Crippen LogP contribution in [0.5, 0.6) is 0 Å². The summed E-state index contributed by atoms with van der Waals surface area (Å²) in [5.74, 6) is -1.82. The highest BCUT2D eigenvalue weighted by Gasteiger charge is 2.37. The highest BCUT2D eigenvalue weighted by atomic mass is 19.1. The minimum absolute atomic E-state index is 0.170. The third-order valence-electron chi connectivity index (χ3n) is 6.08. The monoisotopic (exact) mass is 464 g/mol. The first-order valence-electron chi connectivity index (χ1n) is 11.1. The second-order valence-corrected chi connectivity index (χ2v) is 8.42. The van der Waals surface area contributed by atoms with E-state index in [1.807, 2.05) is 43.3 Å². The molecule has 0 spiro atoms. The van der Waals surface area contributed by atoms with Crippen molar-refractivity contribution in [2.24, 2.45) is 0 Å². The zero-order valence-corrected chi connectivity index (χ0v) is 18.9. The van der Waals surface area contributed by atoms with Gasteiger partial charge in [0.05, 0.1) is 5.69 Å². The van der Waals surface area contributed by atoms with Gasteiger partial charge in [-0.2, -0.15) is 0 Å². The number of hydrogen-bond donors (Lipinski definition) is 1. The van der Waals surface area contributed by atoms with Gasteiger partial charge in [-0.25, -0.2) is 14.1 Å². The largest absolute Gasteiger partial charge is 0.335 e. The Morgan fingerprint density at radius 3 is 2.31 bits per heavy atom. The second kappa shape index (κ2) is 8.99. The second-order valence-electron chi connectivity index (χ2n) is 8.42. The highest BCUT2D eigenvalue weighted by molar-refractivity contribution is 6.39. The first kappa shape index (κ1) is 22.2. The van der Waals surface area contributed by atoms with E-state index in [0.717, 1.165) is 26.8 Å². The number of nitrogens with one attached hydrogen (secondary N) is 1. The SMILES string of the molecule is Cc1ccc(N2C(=O)NC(=O)/C(=C\c3c(Cc4ccccc4F)ccc4ccccc34)C2=O)cc1. The van der Waals surface area contributed by atoms with E-state index in [1.54, 1.807) is 42.5 Å². The van der Waals surface area contributed by atoms with Gasteiger partial charge in [0.1, 0.15) is 11.4 Å². The van der Waals surface area contributed by atoms with Gasteiger partial charge in [0, 0.05) is 6.42 Å². The van der Waals surface area contributed by atoms with E-state index in [2.05, 4.69) is 5.32 Å². The lowest BCUT2D eigenvalue weighted by Gasteiger charge is -2.26. The number of nitrogens with zero attached hydrogens (tertiary/aromatic N) is 1. The summed E-state index contributed by atoms with van der Waals surface area (Å²) >= 11 is 0. The molecule has 35 heavy (non-hydrogen) atoms. The van der Waals surface area contributed by atoms with Gasteiger partial charge < -0.3 is 0 Å². The van der Waals surface area contributed by atoms with Gasteiger partial charge in [0.25, 0.3) is 11.8 Å². The Morgan fingerprint density at radius 2 is 1.54 bits per heavy atom. The number of aryl methyl sites for hydroxylation is 1. The molecule has 6 heteroatoms. The maximum absolute atomic E-state index is 14.4. The smallest absolute Gasteiger partial charge is 0.273 e. The van der Waals surface area contributed by atoms with Gasteiger partial charge in [0.15, 0.2) is 0 Å². The summed E-state index contributed by atoms with van der Waals surface area (Å²) in [6, 6.07) is 24.0. The van der Waals surface area contributed by atoms with Crippen LogP contribution in [0.25, 0.3) is 16.8 Å². The van der Waals surface area contributed by atoms with E-state index in [1.165, 1.54) is 12.1 Å². The molecule has 0 bridgehead atoms. The number of anilines is 1. The number of rotatable bonds is 4. The maximum Gasteiger partial charge on any atom is 0.335 e. The van der Waals surface area contributed by atoms with Crippen molar-refractivity contribution >= 4 is 40.4 Å². The Labute approximate surface area is 201 Å². The maximum atomic E-state index is 14.4. The Morgan fingerprint density at radius 1 is 0.829 bits per heavy atom. The van der Waals surface area contributed by atoms with Crippen LogP contribution in [0.2, 0.25) is 0 Å². The van der Waals surface area contributed by atoms with Crippen LogP contribution in [0, 0.1) is 12.7 Å². The molecule has 1 N–H and O–H groups in total. The molecular weight excluding hydrogens is 443 g/mol. The molecule has 172 valence electrons. The lowest BCUT2D eigenvalue weighted by Crippen LogP contribution is -2.54.